The monoisotopic (exact) mass is 499 g/mol. The predicted molar refractivity (Wildman–Crippen MR) is 126 cm³/mol. The molecule has 7 nitrogen and oxygen atoms in total. The molecule has 2 atom stereocenters. The van der Waals surface area contributed by atoms with Gasteiger partial charge in [0.15, 0.2) is 5.65 Å². The van der Waals surface area contributed by atoms with Crippen LogP contribution in [0, 0.1) is 19.3 Å². The number of alkyl halides is 3. The number of nitrogens with zero attached hydrogens (tertiary/aromatic N) is 5. The van der Waals surface area contributed by atoms with Crippen LogP contribution >= 0.6 is 0 Å². The standard InChI is InChI=1S/C26H28F3N5O2/c1-14-15(2)31-23-20(30-14)21(25-10-24(11-25,12-25)13-26(27,28)29)32-22(33-23)16-6-7-36-18(8-16)17-4-5-19(35)34(3)9-17/h4-5,9,16,18H,6-8,10-13H2,1-3H3/t16-,18+,24?,25?/m0/s1. The molecule has 0 radical (unpaired) electrons. The zero-order chi connectivity index (χ0) is 25.5. The Bertz CT molecular complexity index is 1410. The summed E-state index contributed by atoms with van der Waals surface area (Å²) in [5.41, 5.74) is 3.24. The normalized spacial score (nSPS) is 29.6. The minimum Gasteiger partial charge on any atom is -0.373 e. The molecule has 4 heterocycles. The van der Waals surface area contributed by atoms with E-state index in [0.29, 0.717) is 49.3 Å². The highest BCUT2D eigenvalue weighted by Gasteiger charge is 2.71. The second kappa shape index (κ2) is 7.81. The van der Waals surface area contributed by atoms with Crippen molar-refractivity contribution in [3.05, 3.63) is 57.2 Å². The summed E-state index contributed by atoms with van der Waals surface area (Å²) in [5, 5.41) is 0. The predicted octanol–water partition coefficient (Wildman–Crippen LogP) is 4.74. The molecule has 10 heteroatoms. The molecular formula is C26H28F3N5O2. The van der Waals surface area contributed by atoms with Crippen LogP contribution in [0.15, 0.2) is 23.1 Å². The van der Waals surface area contributed by atoms with Crippen LogP contribution in [0.5, 0.6) is 0 Å². The van der Waals surface area contributed by atoms with Crippen LogP contribution < -0.4 is 5.56 Å². The van der Waals surface area contributed by atoms with Crippen molar-refractivity contribution in [2.24, 2.45) is 12.5 Å². The van der Waals surface area contributed by atoms with Gasteiger partial charge in [-0.25, -0.2) is 19.9 Å². The van der Waals surface area contributed by atoms with Gasteiger partial charge in [0, 0.05) is 43.7 Å². The molecule has 190 valence electrons. The molecule has 3 aliphatic carbocycles. The Kier molecular flexibility index (Phi) is 5.10. The number of aryl methyl sites for hydroxylation is 3. The molecule has 1 saturated heterocycles. The smallest absolute Gasteiger partial charge is 0.373 e. The maximum atomic E-state index is 13.1. The molecule has 1 aliphatic heterocycles. The lowest BCUT2D eigenvalue weighted by Crippen LogP contribution is -2.66. The number of hydrogen-bond donors (Lipinski definition) is 0. The Labute approximate surface area is 206 Å². The van der Waals surface area contributed by atoms with Crippen LogP contribution in [0.3, 0.4) is 0 Å². The second-order valence-electron chi connectivity index (χ2n) is 11.1. The first-order valence-corrected chi connectivity index (χ1v) is 12.3. The van der Waals surface area contributed by atoms with Crippen molar-refractivity contribution in [2.45, 2.75) is 76.0 Å². The molecule has 3 saturated carbocycles. The average molecular weight is 500 g/mol. The minimum absolute atomic E-state index is 0.00373. The Balaban J connectivity index is 1.35. The van der Waals surface area contributed by atoms with E-state index in [1.165, 1.54) is 10.6 Å². The van der Waals surface area contributed by atoms with Gasteiger partial charge in [0.1, 0.15) is 11.3 Å². The van der Waals surface area contributed by atoms with E-state index in [1.807, 2.05) is 13.8 Å². The fraction of sp³-hybridized carbons (Fsp3) is 0.577. The van der Waals surface area contributed by atoms with Crippen molar-refractivity contribution in [3.63, 3.8) is 0 Å². The Hall–Kier alpha value is -2.88. The molecule has 3 aromatic rings. The Morgan fingerprint density at radius 1 is 1.08 bits per heavy atom. The third-order valence-corrected chi connectivity index (χ3v) is 8.31. The molecule has 7 rings (SSSR count). The zero-order valence-electron chi connectivity index (χ0n) is 20.5. The quantitative estimate of drug-likeness (QED) is 0.516. The number of hydrogen-bond acceptors (Lipinski definition) is 6. The highest BCUT2D eigenvalue weighted by atomic mass is 19.4. The lowest BCUT2D eigenvalue weighted by Gasteiger charge is -2.70. The van der Waals surface area contributed by atoms with E-state index in [0.717, 1.165) is 29.1 Å². The van der Waals surface area contributed by atoms with Crippen molar-refractivity contribution >= 4 is 11.2 Å². The van der Waals surface area contributed by atoms with E-state index in [4.69, 9.17) is 24.7 Å². The van der Waals surface area contributed by atoms with Gasteiger partial charge < -0.3 is 9.30 Å². The van der Waals surface area contributed by atoms with E-state index < -0.39 is 18.0 Å². The zero-order valence-corrected chi connectivity index (χ0v) is 20.5. The third kappa shape index (κ3) is 3.81. The van der Waals surface area contributed by atoms with Crippen LogP contribution in [-0.2, 0) is 17.2 Å². The molecular weight excluding hydrogens is 471 g/mol. The van der Waals surface area contributed by atoms with Gasteiger partial charge in [-0.05, 0) is 63.0 Å². The highest BCUT2D eigenvalue weighted by molar-refractivity contribution is 5.75. The van der Waals surface area contributed by atoms with Crippen molar-refractivity contribution in [3.8, 4) is 0 Å². The second-order valence-corrected chi connectivity index (χ2v) is 11.1. The number of pyridine rings is 1. The molecule has 0 unspecified atom stereocenters. The average Bonchev–Trinajstić information content (AvgIpc) is 2.77. The molecule has 0 aromatic carbocycles. The number of ether oxygens (including phenoxy) is 1. The molecule has 0 spiro atoms. The first-order chi connectivity index (χ1) is 17.0. The van der Waals surface area contributed by atoms with E-state index in [9.17, 15) is 18.0 Å². The summed E-state index contributed by atoms with van der Waals surface area (Å²) < 4.78 is 46.9. The largest absolute Gasteiger partial charge is 0.389 e. The SMILES string of the molecule is Cc1nc2nc([C@H]3CCO[C@@H](c4ccc(=O)n(C)c4)C3)nc(C34CC(CC(F)(F)F)(C3)C4)c2nc1C. The van der Waals surface area contributed by atoms with Crippen molar-refractivity contribution in [2.75, 3.05) is 6.61 Å². The van der Waals surface area contributed by atoms with Gasteiger partial charge in [0.05, 0.1) is 23.2 Å². The van der Waals surface area contributed by atoms with Crippen molar-refractivity contribution < 1.29 is 17.9 Å². The van der Waals surface area contributed by atoms with Gasteiger partial charge in [0.25, 0.3) is 0 Å². The van der Waals surface area contributed by atoms with Crippen molar-refractivity contribution in [1.29, 1.82) is 0 Å². The van der Waals surface area contributed by atoms with Crippen LogP contribution in [-0.4, -0.2) is 37.3 Å². The first-order valence-electron chi connectivity index (χ1n) is 12.3. The van der Waals surface area contributed by atoms with Crippen LogP contribution in [0.1, 0.15) is 79.0 Å². The van der Waals surface area contributed by atoms with Gasteiger partial charge in [-0.15, -0.1) is 0 Å². The maximum Gasteiger partial charge on any atom is 0.389 e. The Morgan fingerprint density at radius 3 is 2.50 bits per heavy atom. The molecule has 4 aliphatic rings. The number of halogens is 3. The number of aromatic nitrogens is 5. The van der Waals surface area contributed by atoms with Crippen LogP contribution in [0.2, 0.25) is 0 Å². The van der Waals surface area contributed by atoms with E-state index in [2.05, 4.69) is 0 Å². The van der Waals surface area contributed by atoms with Crippen molar-refractivity contribution in [1.82, 2.24) is 24.5 Å². The van der Waals surface area contributed by atoms with Gasteiger partial charge in [-0.1, -0.05) is 0 Å². The van der Waals surface area contributed by atoms with E-state index in [1.54, 1.807) is 19.3 Å². The number of fused-ring (bicyclic) bond motifs is 1. The fourth-order valence-corrected chi connectivity index (χ4v) is 6.61. The van der Waals surface area contributed by atoms with Gasteiger partial charge >= 0.3 is 6.18 Å². The summed E-state index contributed by atoms with van der Waals surface area (Å²) in [5.74, 6) is 0.659. The van der Waals surface area contributed by atoms with E-state index >= 15 is 0 Å². The molecule has 0 amide bonds. The van der Waals surface area contributed by atoms with Gasteiger partial charge in [0.2, 0.25) is 5.56 Å². The molecule has 2 bridgehead atoms. The summed E-state index contributed by atoms with van der Waals surface area (Å²) in [6.45, 7) is 4.28. The molecule has 4 fully saturated rings. The summed E-state index contributed by atoms with van der Waals surface area (Å²) in [7, 11) is 1.71. The molecule has 3 aromatic heterocycles. The lowest BCUT2D eigenvalue weighted by molar-refractivity contribution is -0.234. The third-order valence-electron chi connectivity index (χ3n) is 8.31. The topological polar surface area (TPSA) is 82.8 Å². The fourth-order valence-electron chi connectivity index (χ4n) is 6.61. The lowest BCUT2D eigenvalue weighted by atomic mass is 9.33. The molecule has 36 heavy (non-hydrogen) atoms. The first kappa shape index (κ1) is 23.5. The maximum absolute atomic E-state index is 13.1. The summed E-state index contributed by atoms with van der Waals surface area (Å²) >= 11 is 0. The summed E-state index contributed by atoms with van der Waals surface area (Å²) in [6, 6.07) is 3.33. The van der Waals surface area contributed by atoms with Gasteiger partial charge in [-0.3, -0.25) is 4.79 Å². The summed E-state index contributed by atoms with van der Waals surface area (Å²) in [6.07, 6.45) is -0.477. The molecule has 0 N–H and O–H groups in total. The highest BCUT2D eigenvalue weighted by Crippen LogP contribution is 2.76. The number of rotatable bonds is 4. The summed E-state index contributed by atoms with van der Waals surface area (Å²) in [4.78, 5) is 31.1. The minimum atomic E-state index is -4.16. The van der Waals surface area contributed by atoms with Gasteiger partial charge in [-0.2, -0.15) is 13.2 Å². The van der Waals surface area contributed by atoms with E-state index in [-0.39, 0.29) is 23.0 Å². The van der Waals surface area contributed by atoms with Crippen LogP contribution in [0.4, 0.5) is 13.2 Å². The Morgan fingerprint density at radius 2 is 1.81 bits per heavy atom. The van der Waals surface area contributed by atoms with Crippen LogP contribution in [0.25, 0.3) is 11.2 Å².